The van der Waals surface area contributed by atoms with Gasteiger partial charge in [0, 0.05) is 26.4 Å². The van der Waals surface area contributed by atoms with Gasteiger partial charge in [-0.1, -0.05) is 49.9 Å². The Morgan fingerprint density at radius 2 is 1.61 bits per heavy atom. The SMILES string of the molecule is C.COC(Cc1ccccc1)C(=O)OCCC(CC(C)=O)CC(=O)Nc1ccccc1S(=O)(=O)O.F. The van der Waals surface area contributed by atoms with Gasteiger partial charge in [-0.25, -0.2) is 4.79 Å². The van der Waals surface area contributed by atoms with Crippen LogP contribution in [0.3, 0.4) is 0 Å². The van der Waals surface area contributed by atoms with Crippen LogP contribution in [-0.4, -0.2) is 50.5 Å². The Kier molecular flexibility index (Phi) is 14.4. The second-order valence-electron chi connectivity index (χ2n) is 7.87. The van der Waals surface area contributed by atoms with Gasteiger partial charge in [0.2, 0.25) is 5.91 Å². The molecule has 11 heteroatoms. The number of anilines is 1. The zero-order chi connectivity index (χ0) is 25.1. The van der Waals surface area contributed by atoms with Crippen LogP contribution in [0.15, 0.2) is 59.5 Å². The average molecular weight is 528 g/mol. The molecule has 0 aliphatic heterocycles. The number of esters is 1. The van der Waals surface area contributed by atoms with Gasteiger partial charge in [-0.05, 0) is 37.0 Å². The highest BCUT2D eigenvalue weighted by Crippen LogP contribution is 2.22. The maximum absolute atomic E-state index is 12.5. The van der Waals surface area contributed by atoms with Crippen LogP contribution >= 0.6 is 0 Å². The fourth-order valence-electron chi connectivity index (χ4n) is 3.45. The van der Waals surface area contributed by atoms with E-state index in [2.05, 4.69) is 5.32 Å². The average Bonchev–Trinajstić information content (AvgIpc) is 2.77. The first-order valence-corrected chi connectivity index (χ1v) is 12.1. The maximum Gasteiger partial charge on any atom is 0.335 e. The van der Waals surface area contributed by atoms with Crippen LogP contribution < -0.4 is 5.32 Å². The van der Waals surface area contributed by atoms with E-state index in [-0.39, 0.29) is 49.5 Å². The van der Waals surface area contributed by atoms with Gasteiger partial charge in [-0.3, -0.25) is 14.1 Å². The summed E-state index contributed by atoms with van der Waals surface area (Å²) in [6, 6.07) is 14.8. The number of ketones is 1. The van der Waals surface area contributed by atoms with Crippen LogP contribution in [0.4, 0.5) is 10.4 Å². The van der Waals surface area contributed by atoms with Gasteiger partial charge in [0.1, 0.15) is 10.7 Å². The van der Waals surface area contributed by atoms with Crippen LogP contribution in [0.25, 0.3) is 0 Å². The lowest BCUT2D eigenvalue weighted by Crippen LogP contribution is -2.28. The smallest absolute Gasteiger partial charge is 0.335 e. The molecule has 9 nitrogen and oxygen atoms in total. The molecule has 200 valence electrons. The van der Waals surface area contributed by atoms with E-state index in [4.69, 9.17) is 9.47 Å². The van der Waals surface area contributed by atoms with Crippen LogP contribution in [0.5, 0.6) is 0 Å². The molecule has 0 radical (unpaired) electrons. The molecule has 0 saturated carbocycles. The molecule has 0 aromatic heterocycles. The molecule has 0 heterocycles. The third-order valence-electron chi connectivity index (χ3n) is 5.07. The highest BCUT2D eigenvalue weighted by atomic mass is 32.2. The molecule has 2 atom stereocenters. The minimum Gasteiger partial charge on any atom is -0.464 e. The van der Waals surface area contributed by atoms with Crippen molar-refractivity contribution in [1.82, 2.24) is 0 Å². The Morgan fingerprint density at radius 3 is 2.19 bits per heavy atom. The van der Waals surface area contributed by atoms with E-state index in [9.17, 15) is 27.4 Å². The third-order valence-corrected chi connectivity index (χ3v) is 5.98. The van der Waals surface area contributed by atoms with Crippen molar-refractivity contribution in [2.75, 3.05) is 19.0 Å². The number of para-hydroxylation sites is 1. The van der Waals surface area contributed by atoms with E-state index in [1.807, 2.05) is 30.3 Å². The lowest BCUT2D eigenvalue weighted by atomic mass is 9.95. The highest BCUT2D eigenvalue weighted by Gasteiger charge is 2.23. The number of benzene rings is 2. The molecular formula is C25H34FNO8S. The summed E-state index contributed by atoms with van der Waals surface area (Å²) in [6.07, 6.45) is -0.200. The van der Waals surface area contributed by atoms with Crippen molar-refractivity contribution in [2.45, 2.75) is 51.0 Å². The molecule has 0 aliphatic carbocycles. The summed E-state index contributed by atoms with van der Waals surface area (Å²) in [6.45, 7) is 1.38. The van der Waals surface area contributed by atoms with Gasteiger partial charge in [0.25, 0.3) is 10.1 Å². The second-order valence-corrected chi connectivity index (χ2v) is 9.26. The molecule has 0 fully saturated rings. The number of carbonyl (C=O) groups is 3. The van der Waals surface area contributed by atoms with Crippen molar-refractivity contribution in [1.29, 1.82) is 0 Å². The number of hydrogen-bond acceptors (Lipinski definition) is 7. The molecule has 2 rings (SSSR count). The number of carbonyl (C=O) groups excluding carboxylic acids is 3. The third kappa shape index (κ3) is 11.1. The Balaban J connectivity index is 0.00000612. The first-order chi connectivity index (χ1) is 16.1. The second kappa shape index (κ2) is 15.8. The molecule has 2 unspecified atom stereocenters. The minimum absolute atomic E-state index is 0. The standard InChI is InChI=1S/C24H29NO8S.CH4.FH/c1-17(26)14-19(16-23(27)25-20-10-6-7-11-22(20)34(29,30)31)12-13-33-24(28)21(32-2)15-18-8-4-3-5-9-18;;/h3-11,19,21H,12-16H2,1-2H3,(H,25,27)(H,29,30,31);1H4;1H. The molecule has 1 amide bonds. The summed E-state index contributed by atoms with van der Waals surface area (Å²) >= 11 is 0. The van der Waals surface area contributed by atoms with Crippen LogP contribution in [-0.2, 0) is 40.4 Å². The summed E-state index contributed by atoms with van der Waals surface area (Å²) in [5.74, 6) is -1.65. The van der Waals surface area contributed by atoms with Crippen molar-refractivity contribution in [3.63, 3.8) is 0 Å². The number of amides is 1. The van der Waals surface area contributed by atoms with Gasteiger partial charge in [0.15, 0.2) is 6.10 Å². The fraction of sp³-hybridized carbons (Fsp3) is 0.400. The largest absolute Gasteiger partial charge is 0.464 e. The number of ether oxygens (including phenoxy) is 2. The summed E-state index contributed by atoms with van der Waals surface area (Å²) in [4.78, 5) is 36.2. The first kappa shape index (κ1) is 32.8. The van der Waals surface area contributed by atoms with Crippen molar-refractivity contribution < 1.29 is 41.5 Å². The van der Waals surface area contributed by atoms with E-state index in [1.54, 1.807) is 0 Å². The van der Waals surface area contributed by atoms with Gasteiger partial charge in [-0.15, -0.1) is 0 Å². The van der Waals surface area contributed by atoms with E-state index in [0.29, 0.717) is 6.42 Å². The predicted octanol–water partition coefficient (Wildman–Crippen LogP) is 3.84. The van der Waals surface area contributed by atoms with Crippen molar-refractivity contribution in [2.24, 2.45) is 5.92 Å². The van der Waals surface area contributed by atoms with E-state index < -0.39 is 38.9 Å². The number of rotatable bonds is 13. The Morgan fingerprint density at radius 1 is 1.00 bits per heavy atom. The van der Waals surface area contributed by atoms with Crippen molar-refractivity contribution in [3.05, 3.63) is 60.2 Å². The monoisotopic (exact) mass is 527 g/mol. The van der Waals surface area contributed by atoms with Gasteiger partial charge in [-0.2, -0.15) is 8.42 Å². The lowest BCUT2D eigenvalue weighted by Gasteiger charge is -2.18. The van der Waals surface area contributed by atoms with E-state index >= 15 is 0 Å². The molecule has 0 bridgehead atoms. The molecule has 0 saturated heterocycles. The quantitative estimate of drug-likeness (QED) is 0.296. The van der Waals surface area contributed by atoms with Gasteiger partial charge in [0.05, 0.1) is 12.3 Å². The van der Waals surface area contributed by atoms with Crippen LogP contribution in [0.2, 0.25) is 0 Å². The molecule has 0 spiro atoms. The van der Waals surface area contributed by atoms with Gasteiger partial charge >= 0.3 is 5.97 Å². The number of nitrogens with one attached hydrogen (secondary N) is 1. The fourth-order valence-corrected chi connectivity index (χ4v) is 4.10. The van der Waals surface area contributed by atoms with Gasteiger partial charge < -0.3 is 19.6 Å². The molecule has 2 aromatic rings. The van der Waals surface area contributed by atoms with E-state index in [0.717, 1.165) is 5.56 Å². The molecule has 36 heavy (non-hydrogen) atoms. The van der Waals surface area contributed by atoms with Crippen molar-refractivity contribution in [3.8, 4) is 0 Å². The zero-order valence-corrected chi connectivity index (χ0v) is 20.3. The minimum atomic E-state index is -4.52. The number of halogens is 1. The predicted molar refractivity (Wildman–Crippen MR) is 134 cm³/mol. The Hall–Kier alpha value is -3.15. The molecule has 2 aromatic carbocycles. The summed E-state index contributed by atoms with van der Waals surface area (Å²) in [7, 11) is -3.10. The van der Waals surface area contributed by atoms with Crippen LogP contribution in [0.1, 0.15) is 39.2 Å². The van der Waals surface area contributed by atoms with Crippen LogP contribution in [0, 0.1) is 5.92 Å². The normalized spacial score (nSPS) is 12.3. The number of hydrogen-bond donors (Lipinski definition) is 2. The topological polar surface area (TPSA) is 136 Å². The maximum atomic E-state index is 12.5. The molecular weight excluding hydrogens is 493 g/mol. The highest BCUT2D eigenvalue weighted by molar-refractivity contribution is 7.86. The first-order valence-electron chi connectivity index (χ1n) is 10.7. The zero-order valence-electron chi connectivity index (χ0n) is 19.5. The molecule has 0 aliphatic rings. The number of methoxy groups -OCH3 is 1. The molecule has 2 N–H and O–H groups in total. The van der Waals surface area contributed by atoms with Crippen molar-refractivity contribution >= 4 is 33.5 Å². The Labute approximate surface area is 211 Å². The summed E-state index contributed by atoms with van der Waals surface area (Å²) < 4.78 is 42.9. The van der Waals surface area contributed by atoms with E-state index in [1.165, 1.54) is 38.3 Å². The lowest BCUT2D eigenvalue weighted by molar-refractivity contribution is -0.155. The summed E-state index contributed by atoms with van der Waals surface area (Å²) in [5.41, 5.74) is 0.856. The summed E-state index contributed by atoms with van der Waals surface area (Å²) in [5, 5.41) is 2.46. The number of Topliss-reactive ketones (excluding diaryl/α,β-unsaturated/α-hetero) is 1. The Bertz CT molecular complexity index is 1090.